The molecule has 0 spiro atoms. The predicted octanol–water partition coefficient (Wildman–Crippen LogP) is 2.17. The molecule has 190 valence electrons. The predicted molar refractivity (Wildman–Crippen MR) is 138 cm³/mol. The van der Waals surface area contributed by atoms with Crippen molar-refractivity contribution in [1.82, 2.24) is 9.80 Å². The molecule has 1 unspecified atom stereocenters. The van der Waals surface area contributed by atoms with Gasteiger partial charge in [0.1, 0.15) is 11.9 Å². The SMILES string of the molecule is CN1CCN=C1c1ccc(NC(=O)C(CC(=O)N2CCOCC2)N(C(N)=O)c2ccc(Cl)cc2)cc1. The lowest BCUT2D eigenvalue weighted by Crippen LogP contribution is -2.53. The second kappa shape index (κ2) is 11.4. The summed E-state index contributed by atoms with van der Waals surface area (Å²) in [6.07, 6.45) is -0.239. The lowest BCUT2D eigenvalue weighted by molar-refractivity contribution is -0.137. The number of likely N-dealkylation sites (N-methyl/N-ethyl adjacent to an activating group) is 1. The van der Waals surface area contributed by atoms with E-state index >= 15 is 0 Å². The minimum Gasteiger partial charge on any atom is -0.378 e. The van der Waals surface area contributed by atoms with E-state index in [0.717, 1.165) is 29.4 Å². The average molecular weight is 513 g/mol. The number of ether oxygens (including phenoxy) is 1. The highest BCUT2D eigenvalue weighted by Crippen LogP contribution is 2.23. The highest BCUT2D eigenvalue weighted by molar-refractivity contribution is 6.30. The van der Waals surface area contributed by atoms with Crippen LogP contribution in [-0.2, 0) is 14.3 Å². The number of anilines is 2. The number of hydrogen-bond acceptors (Lipinski definition) is 6. The molecule has 0 radical (unpaired) electrons. The van der Waals surface area contributed by atoms with E-state index in [2.05, 4.69) is 15.2 Å². The Hall–Kier alpha value is -3.63. The molecule has 4 rings (SSSR count). The van der Waals surface area contributed by atoms with E-state index < -0.39 is 18.0 Å². The summed E-state index contributed by atoms with van der Waals surface area (Å²) >= 11 is 6.00. The van der Waals surface area contributed by atoms with Gasteiger partial charge >= 0.3 is 6.03 Å². The van der Waals surface area contributed by atoms with Crippen LogP contribution in [0.1, 0.15) is 12.0 Å². The van der Waals surface area contributed by atoms with E-state index in [-0.39, 0.29) is 12.3 Å². The van der Waals surface area contributed by atoms with E-state index in [1.54, 1.807) is 41.3 Å². The van der Waals surface area contributed by atoms with Gasteiger partial charge in [-0.1, -0.05) is 11.6 Å². The summed E-state index contributed by atoms with van der Waals surface area (Å²) in [5.74, 6) is 0.0919. The van der Waals surface area contributed by atoms with Gasteiger partial charge in [0.25, 0.3) is 0 Å². The molecule has 2 aliphatic heterocycles. The van der Waals surface area contributed by atoms with Crippen LogP contribution in [0.5, 0.6) is 0 Å². The van der Waals surface area contributed by atoms with Crippen molar-refractivity contribution in [2.45, 2.75) is 12.5 Å². The van der Waals surface area contributed by atoms with Crippen LogP contribution in [0.3, 0.4) is 0 Å². The maximum atomic E-state index is 13.5. The topological polar surface area (TPSA) is 121 Å². The van der Waals surface area contributed by atoms with Crippen molar-refractivity contribution in [1.29, 1.82) is 0 Å². The van der Waals surface area contributed by atoms with Gasteiger partial charge < -0.3 is 25.6 Å². The molecule has 0 aliphatic carbocycles. The van der Waals surface area contributed by atoms with Gasteiger partial charge in [0, 0.05) is 48.6 Å². The molecule has 2 aromatic carbocycles. The first-order chi connectivity index (χ1) is 17.3. The second-order valence-electron chi connectivity index (χ2n) is 8.59. The van der Waals surface area contributed by atoms with Crippen molar-refractivity contribution in [3.63, 3.8) is 0 Å². The minimum absolute atomic E-state index is 0.239. The molecule has 2 aliphatic rings. The summed E-state index contributed by atoms with van der Waals surface area (Å²) in [6, 6.07) is 11.6. The highest BCUT2D eigenvalue weighted by Gasteiger charge is 2.34. The van der Waals surface area contributed by atoms with Crippen molar-refractivity contribution in [2.24, 2.45) is 10.7 Å². The van der Waals surface area contributed by atoms with Crippen LogP contribution in [0.2, 0.25) is 5.02 Å². The van der Waals surface area contributed by atoms with Gasteiger partial charge in [0.2, 0.25) is 11.8 Å². The van der Waals surface area contributed by atoms with E-state index in [0.29, 0.717) is 42.7 Å². The number of amides is 4. The number of rotatable bonds is 7. The monoisotopic (exact) mass is 512 g/mol. The number of nitrogens with two attached hydrogens (primary N) is 1. The zero-order valence-corrected chi connectivity index (χ0v) is 20.8. The van der Waals surface area contributed by atoms with E-state index in [1.165, 1.54) is 0 Å². The minimum atomic E-state index is -1.18. The van der Waals surface area contributed by atoms with Crippen LogP contribution in [0.4, 0.5) is 16.2 Å². The summed E-state index contributed by atoms with van der Waals surface area (Å²) in [5.41, 5.74) is 7.53. The molecule has 10 nitrogen and oxygen atoms in total. The molecule has 0 bridgehead atoms. The molecule has 0 aromatic heterocycles. The first kappa shape index (κ1) is 25.5. The summed E-state index contributed by atoms with van der Waals surface area (Å²) < 4.78 is 5.32. The van der Waals surface area contributed by atoms with Crippen LogP contribution in [-0.4, -0.2) is 86.0 Å². The summed E-state index contributed by atoms with van der Waals surface area (Å²) in [6.45, 7) is 3.30. The third kappa shape index (κ3) is 5.95. The Bertz CT molecular complexity index is 1130. The quantitative estimate of drug-likeness (QED) is 0.589. The Labute approximate surface area is 214 Å². The molecule has 2 heterocycles. The number of hydrogen-bond donors (Lipinski definition) is 2. The molecule has 4 amide bonds. The number of nitrogens with zero attached hydrogens (tertiary/aromatic N) is 4. The van der Waals surface area contributed by atoms with E-state index in [9.17, 15) is 14.4 Å². The third-order valence-corrected chi connectivity index (χ3v) is 6.41. The van der Waals surface area contributed by atoms with Gasteiger partial charge in [-0.05, 0) is 48.5 Å². The standard InChI is InChI=1S/C25H29ClN6O4/c1-30-11-10-28-23(30)17-2-6-19(7-3-17)29-24(34)21(16-22(33)31-12-14-36-15-13-31)32(25(27)35)20-8-4-18(26)5-9-20/h2-9,21H,10-16H2,1H3,(H2,27,35)(H,29,34). The van der Waals surface area contributed by atoms with Crippen molar-refractivity contribution in [3.8, 4) is 0 Å². The summed E-state index contributed by atoms with van der Waals surface area (Å²) in [7, 11) is 1.98. The number of primary amides is 1. The normalized spacial score (nSPS) is 16.3. The maximum Gasteiger partial charge on any atom is 0.320 e. The molecule has 36 heavy (non-hydrogen) atoms. The highest BCUT2D eigenvalue weighted by atomic mass is 35.5. The van der Waals surface area contributed by atoms with Gasteiger partial charge in [-0.3, -0.25) is 19.5 Å². The lowest BCUT2D eigenvalue weighted by Gasteiger charge is -2.32. The fourth-order valence-electron chi connectivity index (χ4n) is 4.24. The Balaban J connectivity index is 1.57. The van der Waals surface area contributed by atoms with Crippen molar-refractivity contribution < 1.29 is 19.1 Å². The number of nitrogens with one attached hydrogen (secondary N) is 1. The fraction of sp³-hybridized carbons (Fsp3) is 0.360. The molecule has 1 saturated heterocycles. The Morgan fingerprint density at radius 1 is 1.08 bits per heavy atom. The molecule has 0 saturated carbocycles. The van der Waals surface area contributed by atoms with Gasteiger partial charge in [0.05, 0.1) is 26.2 Å². The van der Waals surface area contributed by atoms with Gasteiger partial charge in [-0.2, -0.15) is 0 Å². The Morgan fingerprint density at radius 3 is 2.33 bits per heavy atom. The largest absolute Gasteiger partial charge is 0.378 e. The number of halogens is 1. The zero-order valence-electron chi connectivity index (χ0n) is 20.0. The van der Waals surface area contributed by atoms with Crippen LogP contribution < -0.4 is 16.0 Å². The molecular formula is C25H29ClN6O4. The number of urea groups is 1. The Morgan fingerprint density at radius 2 is 1.75 bits per heavy atom. The third-order valence-electron chi connectivity index (χ3n) is 6.16. The van der Waals surface area contributed by atoms with Crippen LogP contribution in [0.25, 0.3) is 0 Å². The number of benzene rings is 2. The van der Waals surface area contributed by atoms with Crippen molar-refractivity contribution >= 4 is 46.7 Å². The lowest BCUT2D eigenvalue weighted by atomic mass is 10.1. The number of aliphatic imine (C=N–C) groups is 1. The molecular weight excluding hydrogens is 484 g/mol. The molecule has 1 fully saturated rings. The second-order valence-corrected chi connectivity index (χ2v) is 9.03. The van der Waals surface area contributed by atoms with E-state index in [4.69, 9.17) is 22.1 Å². The number of amidine groups is 1. The van der Waals surface area contributed by atoms with Gasteiger partial charge in [-0.15, -0.1) is 0 Å². The molecule has 3 N–H and O–H groups in total. The summed E-state index contributed by atoms with van der Waals surface area (Å²) in [4.78, 5) is 48.4. The summed E-state index contributed by atoms with van der Waals surface area (Å²) in [5, 5.41) is 3.30. The number of morpholine rings is 1. The molecule has 11 heteroatoms. The first-order valence-electron chi connectivity index (χ1n) is 11.7. The maximum absolute atomic E-state index is 13.5. The van der Waals surface area contributed by atoms with Gasteiger partial charge in [-0.25, -0.2) is 4.79 Å². The fourth-order valence-corrected chi connectivity index (χ4v) is 4.37. The smallest absolute Gasteiger partial charge is 0.320 e. The number of carbonyl (C=O) groups is 3. The zero-order chi connectivity index (χ0) is 25.7. The average Bonchev–Trinajstić information content (AvgIpc) is 3.31. The first-order valence-corrected chi connectivity index (χ1v) is 12.1. The van der Waals surface area contributed by atoms with Gasteiger partial charge in [0.15, 0.2) is 0 Å². The van der Waals surface area contributed by atoms with Crippen molar-refractivity contribution in [2.75, 3.05) is 56.7 Å². The number of carbonyl (C=O) groups excluding carboxylic acids is 3. The van der Waals surface area contributed by atoms with E-state index in [1.807, 2.05) is 19.2 Å². The Kier molecular flexibility index (Phi) is 8.07. The van der Waals surface area contributed by atoms with Crippen LogP contribution in [0.15, 0.2) is 53.5 Å². The van der Waals surface area contributed by atoms with Crippen LogP contribution >= 0.6 is 11.6 Å². The molecule has 2 aromatic rings. The van der Waals surface area contributed by atoms with Crippen LogP contribution in [0, 0.1) is 0 Å². The van der Waals surface area contributed by atoms with Crippen molar-refractivity contribution in [3.05, 3.63) is 59.1 Å². The molecule has 1 atom stereocenters.